The molecule has 0 bridgehead atoms. The highest BCUT2D eigenvalue weighted by molar-refractivity contribution is 8.02. The zero-order valence-corrected chi connectivity index (χ0v) is 11.5. The number of thioether (sulfide) groups is 1. The van der Waals surface area contributed by atoms with Crippen LogP contribution in [0.25, 0.3) is 0 Å². The highest BCUT2D eigenvalue weighted by Gasteiger charge is 2.38. The predicted molar refractivity (Wildman–Crippen MR) is 70.0 cm³/mol. The van der Waals surface area contributed by atoms with Crippen LogP contribution in [-0.2, 0) is 4.79 Å². The fourth-order valence-corrected chi connectivity index (χ4v) is 4.36. The van der Waals surface area contributed by atoms with E-state index in [2.05, 4.69) is 6.92 Å². The summed E-state index contributed by atoms with van der Waals surface area (Å²) < 4.78 is -0.540. The molecule has 1 aliphatic rings. The van der Waals surface area contributed by atoms with Gasteiger partial charge < -0.3 is 5.11 Å². The molecular formula is C13H24O2S. The van der Waals surface area contributed by atoms with Gasteiger partial charge >= 0.3 is 5.97 Å². The molecule has 2 atom stereocenters. The summed E-state index contributed by atoms with van der Waals surface area (Å²) in [4.78, 5) is 11.4. The smallest absolute Gasteiger partial charge is 0.319 e. The van der Waals surface area contributed by atoms with Crippen LogP contribution in [0.5, 0.6) is 0 Å². The summed E-state index contributed by atoms with van der Waals surface area (Å²) in [5.74, 6) is 0.146. The average molecular weight is 244 g/mol. The molecule has 0 radical (unpaired) electrons. The Kier molecular flexibility index (Phi) is 5.16. The molecule has 1 rings (SSSR count). The lowest BCUT2D eigenvalue weighted by molar-refractivity contribution is -0.140. The van der Waals surface area contributed by atoms with Gasteiger partial charge in [-0.3, -0.25) is 4.79 Å². The summed E-state index contributed by atoms with van der Waals surface area (Å²) in [7, 11) is 0. The van der Waals surface area contributed by atoms with E-state index in [1.807, 2.05) is 13.8 Å². The Hall–Kier alpha value is -0.180. The standard InChI is InChI=1S/C13H24O2S/c1-4-13(5-2,12(14)15)16-11-8-6-7-10(3)9-11/h10-11H,4-9H2,1-3H3,(H,14,15). The molecule has 0 saturated heterocycles. The SMILES string of the molecule is CCC(CC)(SC1CCCC(C)C1)C(=O)O. The van der Waals surface area contributed by atoms with E-state index in [1.165, 1.54) is 25.7 Å². The minimum absolute atomic E-state index is 0.540. The van der Waals surface area contributed by atoms with Crippen molar-refractivity contribution in [2.24, 2.45) is 5.92 Å². The van der Waals surface area contributed by atoms with Gasteiger partial charge in [0.15, 0.2) is 0 Å². The Morgan fingerprint density at radius 3 is 2.44 bits per heavy atom. The second-order valence-electron chi connectivity index (χ2n) is 5.02. The Labute approximate surface area is 103 Å². The van der Waals surface area contributed by atoms with Crippen molar-refractivity contribution in [2.75, 3.05) is 0 Å². The van der Waals surface area contributed by atoms with Crippen molar-refractivity contribution < 1.29 is 9.90 Å². The zero-order valence-electron chi connectivity index (χ0n) is 10.7. The third kappa shape index (κ3) is 3.16. The molecule has 0 amide bonds. The van der Waals surface area contributed by atoms with Gasteiger partial charge in [0.1, 0.15) is 4.75 Å². The van der Waals surface area contributed by atoms with Crippen LogP contribution in [0.15, 0.2) is 0 Å². The van der Waals surface area contributed by atoms with Crippen LogP contribution in [-0.4, -0.2) is 21.1 Å². The number of carboxylic acid groups (broad SMARTS) is 1. The highest BCUT2D eigenvalue weighted by Crippen LogP contribution is 2.42. The minimum atomic E-state index is -0.624. The molecule has 1 saturated carbocycles. The fourth-order valence-electron chi connectivity index (χ4n) is 2.57. The first-order valence-corrected chi connectivity index (χ1v) is 7.33. The van der Waals surface area contributed by atoms with E-state index in [9.17, 15) is 9.90 Å². The van der Waals surface area contributed by atoms with Crippen LogP contribution in [0.2, 0.25) is 0 Å². The minimum Gasteiger partial charge on any atom is -0.480 e. The number of carboxylic acids is 1. The van der Waals surface area contributed by atoms with Crippen molar-refractivity contribution in [3.63, 3.8) is 0 Å². The normalized spacial score (nSPS) is 26.7. The molecule has 3 heteroatoms. The van der Waals surface area contributed by atoms with Crippen molar-refractivity contribution in [2.45, 2.75) is 69.3 Å². The second-order valence-corrected chi connectivity index (χ2v) is 6.70. The van der Waals surface area contributed by atoms with Crippen LogP contribution in [0.1, 0.15) is 59.3 Å². The maximum Gasteiger partial charge on any atom is 0.319 e. The Bertz CT molecular complexity index is 236. The lowest BCUT2D eigenvalue weighted by Gasteiger charge is -2.34. The zero-order chi connectivity index (χ0) is 12.2. The van der Waals surface area contributed by atoms with Gasteiger partial charge in [-0.25, -0.2) is 0 Å². The maximum absolute atomic E-state index is 11.4. The van der Waals surface area contributed by atoms with E-state index in [0.29, 0.717) is 5.25 Å². The topological polar surface area (TPSA) is 37.3 Å². The van der Waals surface area contributed by atoms with Gasteiger partial charge in [-0.15, -0.1) is 11.8 Å². The molecule has 1 N–H and O–H groups in total. The third-order valence-electron chi connectivity index (χ3n) is 3.81. The van der Waals surface area contributed by atoms with Crippen molar-refractivity contribution in [1.29, 1.82) is 0 Å². The van der Waals surface area contributed by atoms with Crippen molar-refractivity contribution in [3.05, 3.63) is 0 Å². The molecule has 16 heavy (non-hydrogen) atoms. The molecule has 0 spiro atoms. The molecule has 1 fully saturated rings. The summed E-state index contributed by atoms with van der Waals surface area (Å²) in [5.41, 5.74) is 0. The van der Waals surface area contributed by atoms with Gasteiger partial charge in [0.2, 0.25) is 0 Å². The number of rotatable bonds is 5. The monoisotopic (exact) mass is 244 g/mol. The molecule has 94 valence electrons. The second kappa shape index (κ2) is 5.95. The van der Waals surface area contributed by atoms with Gasteiger partial charge in [-0.2, -0.15) is 0 Å². The van der Waals surface area contributed by atoms with Crippen LogP contribution < -0.4 is 0 Å². The summed E-state index contributed by atoms with van der Waals surface area (Å²) >= 11 is 1.73. The lowest BCUT2D eigenvalue weighted by Crippen LogP contribution is -2.36. The van der Waals surface area contributed by atoms with E-state index in [-0.39, 0.29) is 0 Å². The van der Waals surface area contributed by atoms with Crippen molar-refractivity contribution in [1.82, 2.24) is 0 Å². The fraction of sp³-hybridized carbons (Fsp3) is 0.923. The maximum atomic E-state index is 11.4. The highest BCUT2D eigenvalue weighted by atomic mass is 32.2. The molecule has 0 aromatic rings. The number of hydrogen-bond donors (Lipinski definition) is 1. The van der Waals surface area contributed by atoms with Gasteiger partial charge in [-0.05, 0) is 31.6 Å². The number of hydrogen-bond acceptors (Lipinski definition) is 2. The summed E-state index contributed by atoms with van der Waals surface area (Å²) in [6, 6.07) is 0. The van der Waals surface area contributed by atoms with Crippen molar-refractivity contribution >= 4 is 17.7 Å². The Morgan fingerprint density at radius 1 is 1.38 bits per heavy atom. The molecule has 0 aliphatic heterocycles. The first kappa shape index (κ1) is 13.9. The Morgan fingerprint density at radius 2 is 2.00 bits per heavy atom. The first-order valence-electron chi connectivity index (χ1n) is 6.45. The molecular weight excluding hydrogens is 220 g/mol. The number of aliphatic carboxylic acids is 1. The summed E-state index contributed by atoms with van der Waals surface area (Å²) in [5, 5.41) is 9.95. The molecule has 0 heterocycles. The Balaban J connectivity index is 2.64. The van der Waals surface area contributed by atoms with E-state index in [1.54, 1.807) is 11.8 Å². The van der Waals surface area contributed by atoms with Crippen LogP contribution in [0.3, 0.4) is 0 Å². The summed E-state index contributed by atoms with van der Waals surface area (Å²) in [6.07, 6.45) is 6.43. The van der Waals surface area contributed by atoms with Gasteiger partial charge in [0, 0.05) is 5.25 Å². The van der Waals surface area contributed by atoms with E-state index < -0.39 is 10.7 Å². The van der Waals surface area contributed by atoms with Gasteiger partial charge in [-0.1, -0.05) is 33.6 Å². The van der Waals surface area contributed by atoms with Gasteiger partial charge in [0.05, 0.1) is 0 Å². The summed E-state index contributed by atoms with van der Waals surface area (Å²) in [6.45, 7) is 6.28. The van der Waals surface area contributed by atoms with Crippen LogP contribution >= 0.6 is 11.8 Å². The molecule has 2 unspecified atom stereocenters. The van der Waals surface area contributed by atoms with Crippen LogP contribution in [0.4, 0.5) is 0 Å². The molecule has 0 aromatic heterocycles. The van der Waals surface area contributed by atoms with E-state index in [0.717, 1.165) is 18.8 Å². The van der Waals surface area contributed by atoms with Crippen LogP contribution in [0, 0.1) is 5.92 Å². The van der Waals surface area contributed by atoms with E-state index in [4.69, 9.17) is 0 Å². The average Bonchev–Trinajstić information content (AvgIpc) is 2.25. The van der Waals surface area contributed by atoms with E-state index >= 15 is 0 Å². The first-order chi connectivity index (χ1) is 7.54. The predicted octanol–water partition coefficient (Wildman–Crippen LogP) is 3.94. The molecule has 2 nitrogen and oxygen atoms in total. The molecule has 1 aliphatic carbocycles. The lowest BCUT2D eigenvalue weighted by atomic mass is 9.90. The largest absolute Gasteiger partial charge is 0.480 e. The number of carbonyl (C=O) groups is 1. The third-order valence-corrected chi connectivity index (χ3v) is 5.78. The van der Waals surface area contributed by atoms with Gasteiger partial charge in [0.25, 0.3) is 0 Å². The van der Waals surface area contributed by atoms with Crippen molar-refractivity contribution in [3.8, 4) is 0 Å². The quantitative estimate of drug-likeness (QED) is 0.796. The molecule has 0 aromatic carbocycles.